The van der Waals surface area contributed by atoms with Gasteiger partial charge >= 0.3 is 0 Å². The lowest BCUT2D eigenvalue weighted by molar-refractivity contribution is 0.610. The first-order valence-electron chi connectivity index (χ1n) is 2.35. The standard InChI is InChI=1S/C5H4ClFN2.ClH/c6-1-5-8-2-4(7)3-9-5;/h2-3H,1H2;1H. The molecular formula is C5H5Cl2FN2. The topological polar surface area (TPSA) is 25.8 Å². The number of aromatic nitrogens is 2. The second kappa shape index (κ2) is 4.41. The van der Waals surface area contributed by atoms with Gasteiger partial charge in [0, 0.05) is 0 Å². The Bertz CT molecular complexity index is 189. The average Bonchev–Trinajstić information content (AvgIpc) is 1.90. The molecule has 5 heteroatoms. The normalized spacial score (nSPS) is 8.60. The zero-order valence-electron chi connectivity index (χ0n) is 4.92. The molecule has 0 aliphatic carbocycles. The molecule has 0 saturated carbocycles. The van der Waals surface area contributed by atoms with Crippen molar-refractivity contribution in [2.75, 3.05) is 0 Å². The third-order valence-electron chi connectivity index (χ3n) is 0.793. The van der Waals surface area contributed by atoms with Crippen molar-refractivity contribution in [1.82, 2.24) is 9.97 Å². The van der Waals surface area contributed by atoms with Crippen molar-refractivity contribution in [3.63, 3.8) is 0 Å². The van der Waals surface area contributed by atoms with Crippen molar-refractivity contribution in [2.45, 2.75) is 5.88 Å². The third-order valence-corrected chi connectivity index (χ3v) is 1.03. The average molecular weight is 183 g/mol. The summed E-state index contributed by atoms with van der Waals surface area (Å²) in [5, 5.41) is 0. The molecule has 0 aliphatic rings. The van der Waals surface area contributed by atoms with Gasteiger partial charge in [0.2, 0.25) is 0 Å². The number of hydrogen-bond donors (Lipinski definition) is 0. The lowest BCUT2D eigenvalue weighted by Gasteiger charge is -1.89. The van der Waals surface area contributed by atoms with Gasteiger partial charge in [-0.25, -0.2) is 14.4 Å². The van der Waals surface area contributed by atoms with Gasteiger partial charge in [0.05, 0.1) is 18.3 Å². The van der Waals surface area contributed by atoms with Crippen molar-refractivity contribution < 1.29 is 4.39 Å². The fourth-order valence-corrected chi connectivity index (χ4v) is 0.546. The summed E-state index contributed by atoms with van der Waals surface area (Å²) in [5.41, 5.74) is 0. The third kappa shape index (κ3) is 2.45. The highest BCUT2D eigenvalue weighted by atomic mass is 35.5. The molecule has 0 saturated heterocycles. The SMILES string of the molecule is Cl.Fc1cnc(CCl)nc1. The van der Waals surface area contributed by atoms with Crippen LogP contribution in [0.4, 0.5) is 4.39 Å². The minimum absolute atomic E-state index is 0. The smallest absolute Gasteiger partial charge is 0.159 e. The molecule has 2 nitrogen and oxygen atoms in total. The largest absolute Gasteiger partial charge is 0.237 e. The Morgan fingerprint density at radius 2 is 1.90 bits per heavy atom. The molecule has 0 aliphatic heterocycles. The molecule has 0 unspecified atom stereocenters. The second-order valence-electron chi connectivity index (χ2n) is 1.45. The monoisotopic (exact) mass is 182 g/mol. The van der Waals surface area contributed by atoms with Gasteiger partial charge < -0.3 is 0 Å². The molecule has 0 spiro atoms. The lowest BCUT2D eigenvalue weighted by atomic mass is 10.6. The van der Waals surface area contributed by atoms with Crippen LogP contribution in [0.3, 0.4) is 0 Å². The van der Waals surface area contributed by atoms with Gasteiger partial charge in [0.25, 0.3) is 0 Å². The summed E-state index contributed by atoms with van der Waals surface area (Å²) in [7, 11) is 0. The molecule has 0 aromatic carbocycles. The van der Waals surface area contributed by atoms with Crippen LogP contribution < -0.4 is 0 Å². The first-order chi connectivity index (χ1) is 4.33. The number of nitrogens with zero attached hydrogens (tertiary/aromatic N) is 2. The maximum atomic E-state index is 12.1. The summed E-state index contributed by atoms with van der Waals surface area (Å²) in [6.45, 7) is 0. The minimum atomic E-state index is -0.441. The summed E-state index contributed by atoms with van der Waals surface area (Å²) in [6, 6.07) is 0. The maximum absolute atomic E-state index is 12.1. The summed E-state index contributed by atoms with van der Waals surface area (Å²) < 4.78 is 12.1. The van der Waals surface area contributed by atoms with E-state index in [1.807, 2.05) is 0 Å². The highest BCUT2D eigenvalue weighted by Crippen LogP contribution is 1.95. The van der Waals surface area contributed by atoms with E-state index in [0.29, 0.717) is 5.82 Å². The fourth-order valence-electron chi connectivity index (χ4n) is 0.408. The summed E-state index contributed by atoms with van der Waals surface area (Å²) >= 11 is 5.33. The molecule has 56 valence electrons. The molecule has 1 aromatic heterocycles. The van der Waals surface area contributed by atoms with Gasteiger partial charge in [0.15, 0.2) is 5.82 Å². The van der Waals surface area contributed by atoms with E-state index in [4.69, 9.17) is 11.6 Å². The Hall–Kier alpha value is -0.410. The van der Waals surface area contributed by atoms with Crippen LogP contribution in [-0.2, 0) is 5.88 Å². The van der Waals surface area contributed by atoms with E-state index in [-0.39, 0.29) is 18.3 Å². The molecular weight excluding hydrogens is 178 g/mol. The Balaban J connectivity index is 0.000000810. The van der Waals surface area contributed by atoms with Gasteiger partial charge in [-0.1, -0.05) is 0 Å². The van der Waals surface area contributed by atoms with Crippen LogP contribution in [0.1, 0.15) is 5.82 Å². The van der Waals surface area contributed by atoms with Gasteiger partial charge in [-0.15, -0.1) is 24.0 Å². The molecule has 10 heavy (non-hydrogen) atoms. The van der Waals surface area contributed by atoms with E-state index in [1.54, 1.807) is 0 Å². The van der Waals surface area contributed by atoms with Crippen LogP contribution in [0.5, 0.6) is 0 Å². The fraction of sp³-hybridized carbons (Fsp3) is 0.200. The predicted molar refractivity (Wildman–Crippen MR) is 38.8 cm³/mol. The van der Waals surface area contributed by atoms with Crippen LogP contribution in [0.25, 0.3) is 0 Å². The highest BCUT2D eigenvalue weighted by molar-refractivity contribution is 6.16. The molecule has 1 rings (SSSR count). The van der Waals surface area contributed by atoms with Crippen molar-refractivity contribution in [3.05, 3.63) is 24.0 Å². The van der Waals surface area contributed by atoms with Crippen molar-refractivity contribution >= 4 is 24.0 Å². The zero-order valence-corrected chi connectivity index (χ0v) is 6.49. The van der Waals surface area contributed by atoms with Crippen LogP contribution >= 0.6 is 24.0 Å². The predicted octanol–water partition coefficient (Wildman–Crippen LogP) is 1.78. The Labute approximate surface area is 68.9 Å². The second-order valence-corrected chi connectivity index (χ2v) is 1.72. The number of rotatable bonds is 1. The summed E-state index contributed by atoms with van der Waals surface area (Å²) in [4.78, 5) is 7.16. The van der Waals surface area contributed by atoms with Crippen LogP contribution in [0.2, 0.25) is 0 Å². The molecule has 0 fully saturated rings. The quantitative estimate of drug-likeness (QED) is 0.620. The van der Waals surface area contributed by atoms with Gasteiger partial charge in [-0.05, 0) is 0 Å². The lowest BCUT2D eigenvalue weighted by Crippen LogP contribution is -1.90. The Morgan fingerprint density at radius 1 is 1.40 bits per heavy atom. The van der Waals surface area contributed by atoms with E-state index in [0.717, 1.165) is 12.4 Å². The number of halogens is 3. The van der Waals surface area contributed by atoms with Gasteiger partial charge in [-0.3, -0.25) is 0 Å². The molecule has 0 bridgehead atoms. The van der Waals surface area contributed by atoms with E-state index in [1.165, 1.54) is 0 Å². The van der Waals surface area contributed by atoms with Crippen molar-refractivity contribution in [2.24, 2.45) is 0 Å². The minimum Gasteiger partial charge on any atom is -0.237 e. The highest BCUT2D eigenvalue weighted by Gasteiger charge is 1.91. The molecule has 0 radical (unpaired) electrons. The first kappa shape index (κ1) is 9.59. The molecule has 0 amide bonds. The zero-order chi connectivity index (χ0) is 6.69. The molecule has 1 aromatic rings. The van der Waals surface area contributed by atoms with Crippen LogP contribution in [0.15, 0.2) is 12.4 Å². The first-order valence-corrected chi connectivity index (χ1v) is 2.89. The van der Waals surface area contributed by atoms with E-state index in [9.17, 15) is 4.39 Å². The Morgan fingerprint density at radius 3 is 2.30 bits per heavy atom. The number of alkyl halides is 1. The van der Waals surface area contributed by atoms with Crippen LogP contribution in [0, 0.1) is 5.82 Å². The van der Waals surface area contributed by atoms with Crippen molar-refractivity contribution in [3.8, 4) is 0 Å². The van der Waals surface area contributed by atoms with E-state index >= 15 is 0 Å². The van der Waals surface area contributed by atoms with E-state index < -0.39 is 5.82 Å². The van der Waals surface area contributed by atoms with Gasteiger partial charge in [0.1, 0.15) is 5.82 Å². The van der Waals surface area contributed by atoms with Crippen LogP contribution in [-0.4, -0.2) is 9.97 Å². The molecule has 0 atom stereocenters. The molecule has 0 N–H and O–H groups in total. The maximum Gasteiger partial charge on any atom is 0.159 e. The summed E-state index contributed by atoms with van der Waals surface area (Å²) in [5.74, 6) is 0.224. The Kier molecular flexibility index (Phi) is 4.23. The van der Waals surface area contributed by atoms with E-state index in [2.05, 4.69) is 9.97 Å². The summed E-state index contributed by atoms with van der Waals surface area (Å²) in [6.07, 6.45) is 2.18. The molecule has 1 heterocycles. The van der Waals surface area contributed by atoms with Gasteiger partial charge in [-0.2, -0.15) is 0 Å². The number of hydrogen-bond acceptors (Lipinski definition) is 2. The van der Waals surface area contributed by atoms with Crippen molar-refractivity contribution in [1.29, 1.82) is 0 Å².